The molecule has 1 aliphatic carbocycles. The molecule has 4 rings (SSSR count). The lowest BCUT2D eigenvalue weighted by atomic mass is 9.77. The molecule has 3 heterocycles. The Morgan fingerprint density at radius 2 is 2.00 bits per heavy atom. The number of aliphatic hydroxyl groups is 1. The Bertz CT molecular complexity index is 757. The number of fused-ring (bicyclic) bond motifs is 1. The second-order valence-corrected chi connectivity index (χ2v) is 7.52. The molecule has 7 heteroatoms. The number of likely N-dealkylation sites (tertiary alicyclic amines) is 1. The predicted octanol–water partition coefficient (Wildman–Crippen LogP) is 1.51. The molecule has 1 aliphatic heterocycles. The summed E-state index contributed by atoms with van der Waals surface area (Å²) < 4.78 is 0. The molecule has 0 radical (unpaired) electrons. The number of carbonyl (C=O) groups excluding carboxylic acids is 1. The van der Waals surface area contributed by atoms with Crippen molar-refractivity contribution in [2.45, 2.75) is 37.8 Å². The average molecular weight is 367 g/mol. The first-order chi connectivity index (χ1) is 13.2. The Balaban J connectivity index is 1.32. The van der Waals surface area contributed by atoms with Crippen molar-refractivity contribution in [1.29, 1.82) is 0 Å². The third kappa shape index (κ3) is 4.24. The molecule has 4 atom stereocenters. The SMILES string of the molecule is O=C(CCc1ccccn1)N1C[C@H]2C[C@@H](Nc3cnccn3)[C@H](O)C[C@H]2C1. The second-order valence-electron chi connectivity index (χ2n) is 7.52. The van der Waals surface area contributed by atoms with Gasteiger partial charge in [-0.05, 0) is 43.2 Å². The van der Waals surface area contributed by atoms with Gasteiger partial charge in [-0.25, -0.2) is 4.98 Å². The van der Waals surface area contributed by atoms with Crippen LogP contribution in [0, 0.1) is 11.8 Å². The maximum absolute atomic E-state index is 12.6. The van der Waals surface area contributed by atoms with Gasteiger partial charge in [0.15, 0.2) is 0 Å². The fourth-order valence-electron chi connectivity index (χ4n) is 4.29. The molecule has 2 N–H and O–H groups in total. The number of hydrogen-bond donors (Lipinski definition) is 2. The summed E-state index contributed by atoms with van der Waals surface area (Å²) in [5.41, 5.74) is 0.950. The highest BCUT2D eigenvalue weighted by Gasteiger charge is 2.42. The highest BCUT2D eigenvalue weighted by molar-refractivity contribution is 5.76. The van der Waals surface area contributed by atoms with Gasteiger partial charge in [0.2, 0.25) is 5.91 Å². The van der Waals surface area contributed by atoms with E-state index in [2.05, 4.69) is 20.3 Å². The molecular formula is C20H25N5O2. The van der Waals surface area contributed by atoms with Gasteiger partial charge in [-0.15, -0.1) is 0 Å². The summed E-state index contributed by atoms with van der Waals surface area (Å²) >= 11 is 0. The molecular weight excluding hydrogens is 342 g/mol. The van der Waals surface area contributed by atoms with E-state index in [-0.39, 0.29) is 11.9 Å². The standard InChI is InChI=1S/C20H25N5O2/c26-18-10-15-13-25(20(27)5-4-16-3-1-2-6-22-16)12-14(15)9-17(18)24-19-11-21-7-8-23-19/h1-3,6-8,11,14-15,17-18,26H,4-5,9-10,12-13H2,(H,23,24)/t14-,15+,17-,18-/m1/s1. The molecule has 1 saturated heterocycles. The van der Waals surface area contributed by atoms with Crippen molar-refractivity contribution < 1.29 is 9.90 Å². The van der Waals surface area contributed by atoms with E-state index in [4.69, 9.17) is 0 Å². The molecule has 1 amide bonds. The van der Waals surface area contributed by atoms with Gasteiger partial charge in [0, 0.05) is 43.8 Å². The van der Waals surface area contributed by atoms with Crippen molar-refractivity contribution in [2.75, 3.05) is 18.4 Å². The molecule has 0 unspecified atom stereocenters. The van der Waals surface area contributed by atoms with E-state index in [0.29, 0.717) is 36.9 Å². The van der Waals surface area contributed by atoms with Crippen LogP contribution in [0.4, 0.5) is 5.82 Å². The first kappa shape index (κ1) is 17.9. The topological polar surface area (TPSA) is 91.2 Å². The van der Waals surface area contributed by atoms with E-state index in [1.165, 1.54) is 0 Å². The number of carbonyl (C=O) groups is 1. The number of hydrogen-bond acceptors (Lipinski definition) is 6. The van der Waals surface area contributed by atoms with Gasteiger partial charge in [-0.2, -0.15) is 0 Å². The number of aliphatic hydroxyl groups excluding tert-OH is 1. The van der Waals surface area contributed by atoms with E-state index in [9.17, 15) is 9.90 Å². The maximum Gasteiger partial charge on any atom is 0.222 e. The molecule has 27 heavy (non-hydrogen) atoms. The summed E-state index contributed by atoms with van der Waals surface area (Å²) in [5.74, 6) is 1.66. The fourth-order valence-corrected chi connectivity index (χ4v) is 4.29. The van der Waals surface area contributed by atoms with Gasteiger partial charge in [0.25, 0.3) is 0 Å². The van der Waals surface area contributed by atoms with Crippen molar-refractivity contribution in [2.24, 2.45) is 11.8 Å². The lowest BCUT2D eigenvalue weighted by Crippen LogP contribution is -2.43. The van der Waals surface area contributed by atoms with Crippen LogP contribution in [-0.4, -0.2) is 56.1 Å². The molecule has 2 aliphatic rings. The zero-order chi connectivity index (χ0) is 18.6. The van der Waals surface area contributed by atoms with Crippen molar-refractivity contribution in [3.63, 3.8) is 0 Å². The zero-order valence-electron chi connectivity index (χ0n) is 15.2. The van der Waals surface area contributed by atoms with Gasteiger partial charge in [-0.1, -0.05) is 6.07 Å². The molecule has 7 nitrogen and oxygen atoms in total. The summed E-state index contributed by atoms with van der Waals surface area (Å²) in [5, 5.41) is 13.8. The minimum atomic E-state index is -0.433. The zero-order valence-corrected chi connectivity index (χ0v) is 15.2. The maximum atomic E-state index is 12.6. The first-order valence-electron chi connectivity index (χ1n) is 9.57. The molecule has 2 fully saturated rings. The summed E-state index contributed by atoms with van der Waals surface area (Å²) in [7, 11) is 0. The van der Waals surface area contributed by atoms with Crippen LogP contribution in [0.3, 0.4) is 0 Å². The van der Waals surface area contributed by atoms with E-state index >= 15 is 0 Å². The van der Waals surface area contributed by atoms with Crippen molar-refractivity contribution in [1.82, 2.24) is 19.9 Å². The highest BCUT2D eigenvalue weighted by Crippen LogP contribution is 2.37. The third-order valence-corrected chi connectivity index (χ3v) is 5.71. The number of aromatic nitrogens is 3. The van der Waals surface area contributed by atoms with E-state index in [0.717, 1.165) is 25.2 Å². The number of anilines is 1. The number of rotatable bonds is 5. The Hall–Kier alpha value is -2.54. The third-order valence-electron chi connectivity index (χ3n) is 5.71. The molecule has 0 aromatic carbocycles. The molecule has 1 saturated carbocycles. The minimum Gasteiger partial charge on any atom is -0.391 e. The smallest absolute Gasteiger partial charge is 0.222 e. The van der Waals surface area contributed by atoms with E-state index in [1.807, 2.05) is 23.1 Å². The first-order valence-corrected chi connectivity index (χ1v) is 9.57. The van der Waals surface area contributed by atoms with Gasteiger partial charge in [0.05, 0.1) is 18.3 Å². The van der Waals surface area contributed by atoms with Crippen LogP contribution >= 0.6 is 0 Å². The molecule has 2 aromatic rings. The van der Waals surface area contributed by atoms with Gasteiger partial charge in [-0.3, -0.25) is 14.8 Å². The van der Waals surface area contributed by atoms with Crippen molar-refractivity contribution in [3.05, 3.63) is 48.7 Å². The second kappa shape index (κ2) is 8.00. The van der Waals surface area contributed by atoms with Crippen LogP contribution in [0.25, 0.3) is 0 Å². The number of pyridine rings is 1. The molecule has 0 spiro atoms. The predicted molar refractivity (Wildman–Crippen MR) is 101 cm³/mol. The summed E-state index contributed by atoms with van der Waals surface area (Å²) in [6, 6.07) is 5.73. The molecule has 142 valence electrons. The van der Waals surface area contributed by atoms with Crippen LogP contribution in [0.2, 0.25) is 0 Å². The van der Waals surface area contributed by atoms with Gasteiger partial charge in [0.1, 0.15) is 5.82 Å². The largest absolute Gasteiger partial charge is 0.391 e. The van der Waals surface area contributed by atoms with E-state index < -0.39 is 6.10 Å². The van der Waals surface area contributed by atoms with Crippen LogP contribution in [0.5, 0.6) is 0 Å². The van der Waals surface area contributed by atoms with E-state index in [1.54, 1.807) is 24.8 Å². The lowest BCUT2D eigenvalue weighted by Gasteiger charge is -2.35. The van der Waals surface area contributed by atoms with Crippen molar-refractivity contribution in [3.8, 4) is 0 Å². The van der Waals surface area contributed by atoms with Crippen molar-refractivity contribution >= 4 is 11.7 Å². The van der Waals surface area contributed by atoms with Crippen LogP contribution in [0.1, 0.15) is 25.0 Å². The quantitative estimate of drug-likeness (QED) is 0.832. The van der Waals surface area contributed by atoms with Crippen LogP contribution in [-0.2, 0) is 11.2 Å². The monoisotopic (exact) mass is 367 g/mol. The lowest BCUT2D eigenvalue weighted by molar-refractivity contribution is -0.130. The number of nitrogens with one attached hydrogen (secondary N) is 1. The Labute approximate surface area is 158 Å². The van der Waals surface area contributed by atoms with Crippen LogP contribution < -0.4 is 5.32 Å². The normalized spacial score (nSPS) is 27.2. The highest BCUT2D eigenvalue weighted by atomic mass is 16.3. The Morgan fingerprint density at radius 3 is 2.74 bits per heavy atom. The number of nitrogens with zero attached hydrogens (tertiary/aromatic N) is 4. The average Bonchev–Trinajstić information content (AvgIpc) is 3.11. The molecule has 0 bridgehead atoms. The Morgan fingerprint density at radius 1 is 1.15 bits per heavy atom. The van der Waals surface area contributed by atoms with Gasteiger partial charge < -0.3 is 15.3 Å². The number of aryl methyl sites for hydroxylation is 1. The summed E-state index contributed by atoms with van der Waals surface area (Å²) in [6.45, 7) is 1.53. The summed E-state index contributed by atoms with van der Waals surface area (Å²) in [4.78, 5) is 27.2. The molecule has 2 aromatic heterocycles. The fraction of sp³-hybridized carbons (Fsp3) is 0.500. The summed E-state index contributed by atoms with van der Waals surface area (Å²) in [6.07, 6.45) is 8.97. The van der Waals surface area contributed by atoms with Crippen LogP contribution in [0.15, 0.2) is 43.0 Å². The minimum absolute atomic E-state index is 0.0495. The number of amides is 1. The van der Waals surface area contributed by atoms with Gasteiger partial charge >= 0.3 is 0 Å². The Kier molecular flexibility index (Phi) is 5.29.